The molecule has 0 spiro atoms. The lowest BCUT2D eigenvalue weighted by Gasteiger charge is -1.94. The summed E-state index contributed by atoms with van der Waals surface area (Å²) >= 11 is 0. The van der Waals surface area contributed by atoms with Crippen LogP contribution in [0.5, 0.6) is 0 Å². The highest BCUT2D eigenvalue weighted by molar-refractivity contribution is 4.81. The highest BCUT2D eigenvalue weighted by atomic mass is 16.2. The minimum absolute atomic E-state index is 0.0767. The Kier molecular flexibility index (Phi) is 4.67. The van der Waals surface area contributed by atoms with Gasteiger partial charge in [-0.1, -0.05) is 26.0 Å². The van der Waals surface area contributed by atoms with Crippen molar-refractivity contribution in [1.29, 1.82) is 0 Å². The maximum absolute atomic E-state index is 9.82. The zero-order valence-corrected chi connectivity index (χ0v) is 5.55. The van der Waals surface area contributed by atoms with Crippen molar-refractivity contribution in [2.75, 3.05) is 6.61 Å². The fourth-order valence-electron chi connectivity index (χ4n) is 0.436. The molecule has 1 nitrogen and oxygen atoms in total. The summed E-state index contributed by atoms with van der Waals surface area (Å²) in [5, 5.41) is 9.82. The lowest BCUT2D eigenvalue weighted by molar-refractivity contribution is 0.232. The van der Waals surface area contributed by atoms with Gasteiger partial charge in [0.2, 0.25) is 0 Å². The van der Waals surface area contributed by atoms with E-state index >= 15 is 0 Å². The van der Waals surface area contributed by atoms with Crippen molar-refractivity contribution in [3.05, 3.63) is 12.2 Å². The molecule has 0 unspecified atom stereocenters. The largest absolute Gasteiger partial charge is 0.232 e. The van der Waals surface area contributed by atoms with Crippen molar-refractivity contribution >= 4 is 0 Å². The first-order chi connectivity index (χ1) is 3.77. The minimum Gasteiger partial charge on any atom is -0.232 e. The van der Waals surface area contributed by atoms with E-state index in [4.69, 9.17) is 0 Å². The Labute approximate surface area is 51.0 Å². The van der Waals surface area contributed by atoms with E-state index in [0.29, 0.717) is 5.92 Å². The molecule has 1 radical (unpaired) electrons. The standard InChI is InChI=1S/C7H13O/c1-7(2)5-3-4-6-8/h3-4,7H,5-6H2,1-2H3/b4-3+. The van der Waals surface area contributed by atoms with E-state index in [0.717, 1.165) is 6.42 Å². The van der Waals surface area contributed by atoms with E-state index < -0.39 is 0 Å². The third kappa shape index (κ3) is 5.70. The second-order valence-corrected chi connectivity index (χ2v) is 2.27. The van der Waals surface area contributed by atoms with Crippen LogP contribution < -0.4 is 0 Å². The molecule has 0 aliphatic carbocycles. The van der Waals surface area contributed by atoms with Gasteiger partial charge in [0.25, 0.3) is 0 Å². The molecule has 0 aromatic carbocycles. The average molecular weight is 113 g/mol. The molecule has 0 N–H and O–H groups in total. The van der Waals surface area contributed by atoms with Gasteiger partial charge in [0.1, 0.15) is 6.61 Å². The molecular formula is C7H13O. The highest BCUT2D eigenvalue weighted by Crippen LogP contribution is 1.98. The molecule has 0 amide bonds. The quantitative estimate of drug-likeness (QED) is 0.499. The lowest BCUT2D eigenvalue weighted by Crippen LogP contribution is -1.81. The molecule has 0 atom stereocenters. The SMILES string of the molecule is CC(C)C/C=C/C[O]. The Bertz CT molecular complexity index is 64.8. The van der Waals surface area contributed by atoms with Crippen LogP contribution in [0.25, 0.3) is 0 Å². The van der Waals surface area contributed by atoms with Crippen molar-refractivity contribution in [3.8, 4) is 0 Å². The van der Waals surface area contributed by atoms with Gasteiger partial charge < -0.3 is 0 Å². The third-order valence-corrected chi connectivity index (χ3v) is 0.870. The topological polar surface area (TPSA) is 19.9 Å². The Hall–Kier alpha value is -0.300. The van der Waals surface area contributed by atoms with Gasteiger partial charge >= 0.3 is 0 Å². The van der Waals surface area contributed by atoms with E-state index in [1.54, 1.807) is 6.08 Å². The molecule has 47 valence electrons. The molecule has 0 fully saturated rings. The molecule has 0 saturated carbocycles. The van der Waals surface area contributed by atoms with Crippen LogP contribution in [0.3, 0.4) is 0 Å². The van der Waals surface area contributed by atoms with Crippen molar-refractivity contribution in [2.24, 2.45) is 5.92 Å². The summed E-state index contributed by atoms with van der Waals surface area (Å²) in [7, 11) is 0. The van der Waals surface area contributed by atoms with E-state index in [1.807, 2.05) is 6.08 Å². The Morgan fingerprint density at radius 3 is 2.38 bits per heavy atom. The number of hydrogen-bond donors (Lipinski definition) is 0. The van der Waals surface area contributed by atoms with Gasteiger partial charge in [0.05, 0.1) is 0 Å². The predicted octanol–water partition coefficient (Wildman–Crippen LogP) is 2.02. The summed E-state index contributed by atoms with van der Waals surface area (Å²) in [6.07, 6.45) is 4.64. The first-order valence-corrected chi connectivity index (χ1v) is 3.00. The van der Waals surface area contributed by atoms with Gasteiger partial charge in [-0.25, -0.2) is 5.11 Å². The predicted molar refractivity (Wildman–Crippen MR) is 34.1 cm³/mol. The van der Waals surface area contributed by atoms with Crippen molar-refractivity contribution < 1.29 is 5.11 Å². The molecule has 8 heavy (non-hydrogen) atoms. The maximum Gasteiger partial charge on any atom is 0.100 e. The first kappa shape index (κ1) is 7.70. The summed E-state index contributed by atoms with van der Waals surface area (Å²) in [5.41, 5.74) is 0. The van der Waals surface area contributed by atoms with Crippen LogP contribution in [0.4, 0.5) is 0 Å². The van der Waals surface area contributed by atoms with Gasteiger partial charge in [-0.15, -0.1) is 0 Å². The summed E-state index contributed by atoms with van der Waals surface area (Å²) in [4.78, 5) is 0. The molecule has 0 rings (SSSR count). The van der Waals surface area contributed by atoms with Gasteiger partial charge in [0, 0.05) is 0 Å². The summed E-state index contributed by atoms with van der Waals surface area (Å²) in [5.74, 6) is 0.679. The smallest absolute Gasteiger partial charge is 0.100 e. The molecule has 0 aromatic rings. The molecule has 0 aliphatic heterocycles. The van der Waals surface area contributed by atoms with Crippen molar-refractivity contribution in [3.63, 3.8) is 0 Å². The molecule has 0 heterocycles. The highest BCUT2D eigenvalue weighted by Gasteiger charge is 1.85. The zero-order chi connectivity index (χ0) is 6.41. The molecule has 0 aromatic heterocycles. The van der Waals surface area contributed by atoms with Crippen LogP contribution in [0.2, 0.25) is 0 Å². The molecule has 0 saturated heterocycles. The van der Waals surface area contributed by atoms with E-state index in [1.165, 1.54) is 0 Å². The fourth-order valence-corrected chi connectivity index (χ4v) is 0.436. The maximum atomic E-state index is 9.82. The normalized spacial score (nSPS) is 11.5. The Balaban J connectivity index is 3.03. The second kappa shape index (κ2) is 4.85. The Morgan fingerprint density at radius 2 is 2.00 bits per heavy atom. The second-order valence-electron chi connectivity index (χ2n) is 2.27. The Morgan fingerprint density at radius 1 is 1.38 bits per heavy atom. The van der Waals surface area contributed by atoms with Gasteiger partial charge in [0.15, 0.2) is 0 Å². The van der Waals surface area contributed by atoms with Crippen LogP contribution >= 0.6 is 0 Å². The molecule has 0 bridgehead atoms. The van der Waals surface area contributed by atoms with E-state index in [2.05, 4.69) is 13.8 Å². The monoisotopic (exact) mass is 113 g/mol. The van der Waals surface area contributed by atoms with Gasteiger partial charge in [-0.3, -0.25) is 0 Å². The number of rotatable bonds is 3. The molecule has 0 aliphatic rings. The van der Waals surface area contributed by atoms with Crippen molar-refractivity contribution in [2.45, 2.75) is 20.3 Å². The van der Waals surface area contributed by atoms with Crippen LogP contribution in [-0.4, -0.2) is 6.61 Å². The van der Waals surface area contributed by atoms with Crippen LogP contribution in [0.15, 0.2) is 12.2 Å². The third-order valence-electron chi connectivity index (χ3n) is 0.870. The number of hydrogen-bond acceptors (Lipinski definition) is 0. The first-order valence-electron chi connectivity index (χ1n) is 3.00. The molecular weight excluding hydrogens is 100 g/mol. The van der Waals surface area contributed by atoms with E-state index in [9.17, 15) is 5.11 Å². The minimum atomic E-state index is -0.0767. The number of allylic oxidation sites excluding steroid dienone is 1. The van der Waals surface area contributed by atoms with Crippen LogP contribution in [0.1, 0.15) is 20.3 Å². The average Bonchev–Trinajstić information content (AvgIpc) is 1.66. The van der Waals surface area contributed by atoms with Crippen molar-refractivity contribution in [1.82, 2.24) is 0 Å². The fraction of sp³-hybridized carbons (Fsp3) is 0.714. The molecule has 1 heteroatoms. The van der Waals surface area contributed by atoms with Gasteiger partial charge in [-0.05, 0) is 12.3 Å². The summed E-state index contributed by atoms with van der Waals surface area (Å²) in [6, 6.07) is 0. The van der Waals surface area contributed by atoms with E-state index in [-0.39, 0.29) is 6.61 Å². The van der Waals surface area contributed by atoms with Gasteiger partial charge in [-0.2, -0.15) is 0 Å². The zero-order valence-electron chi connectivity index (χ0n) is 5.55. The summed E-state index contributed by atoms with van der Waals surface area (Å²) < 4.78 is 0. The lowest BCUT2D eigenvalue weighted by atomic mass is 10.1. The van der Waals surface area contributed by atoms with Crippen LogP contribution in [0, 0.1) is 5.92 Å². The summed E-state index contributed by atoms with van der Waals surface area (Å²) in [6.45, 7) is 4.19. The van der Waals surface area contributed by atoms with Crippen LogP contribution in [-0.2, 0) is 5.11 Å².